The van der Waals surface area contributed by atoms with Crippen LogP contribution in [0.5, 0.6) is 5.75 Å². The molecule has 0 saturated heterocycles. The van der Waals surface area contributed by atoms with Crippen LogP contribution in [-0.2, 0) is 0 Å². The van der Waals surface area contributed by atoms with Gasteiger partial charge >= 0.3 is 23.1 Å². The third-order valence-electron chi connectivity index (χ3n) is 2.38. The first-order valence-electron chi connectivity index (χ1n) is 5.37. The molecule has 0 fully saturated rings. The quantitative estimate of drug-likeness (QED) is 0.747. The molecule has 0 atom stereocenters. The molecule has 0 bridgehead atoms. The van der Waals surface area contributed by atoms with E-state index in [2.05, 4.69) is 34.7 Å². The van der Waals surface area contributed by atoms with Crippen LogP contribution >= 0.6 is 15.9 Å². The van der Waals surface area contributed by atoms with Crippen molar-refractivity contribution in [3.8, 4) is 5.75 Å². The van der Waals surface area contributed by atoms with Gasteiger partial charge in [-0.25, -0.2) is 0 Å². The second-order valence-electron chi connectivity index (χ2n) is 3.33. The van der Waals surface area contributed by atoms with Gasteiger partial charge in [0.1, 0.15) is 12.4 Å². The predicted molar refractivity (Wildman–Crippen MR) is 76.0 cm³/mol. The molecule has 88 valence electrons. The van der Waals surface area contributed by atoms with Crippen LogP contribution in [-0.4, -0.2) is 54.2 Å². The Kier molecular flexibility index (Phi) is 9.41. The lowest BCUT2D eigenvalue weighted by Crippen LogP contribution is -2.27. The number of rotatable bonds is 6. The van der Waals surface area contributed by atoms with Gasteiger partial charge in [-0.05, 0) is 37.4 Å². The first kappa shape index (κ1) is 16.2. The topological polar surface area (TPSA) is 12.5 Å². The van der Waals surface area contributed by atoms with Gasteiger partial charge in [-0.3, -0.25) is 0 Å². The Morgan fingerprint density at radius 2 is 1.69 bits per heavy atom. The third-order valence-corrected chi connectivity index (χ3v) is 2.91. The lowest BCUT2D eigenvalue weighted by molar-refractivity contribution is 0.223. The lowest BCUT2D eigenvalue weighted by Gasteiger charge is -2.17. The number of ether oxygens (including phenoxy) is 1. The van der Waals surface area contributed by atoms with E-state index in [9.17, 15) is 0 Å². The van der Waals surface area contributed by atoms with Crippen LogP contribution < -0.4 is 4.74 Å². The SMILES string of the molecule is CCN(CC)CCOc1ccc(Br)cc1.[MgH2]. The Morgan fingerprint density at radius 1 is 1.12 bits per heavy atom. The minimum absolute atomic E-state index is 0. The molecular weight excluding hydrogens is 278 g/mol. The highest BCUT2D eigenvalue weighted by molar-refractivity contribution is 9.10. The smallest absolute Gasteiger partial charge is 0.316 e. The van der Waals surface area contributed by atoms with Crippen LogP contribution in [0.3, 0.4) is 0 Å². The van der Waals surface area contributed by atoms with Gasteiger partial charge in [0.05, 0.1) is 0 Å². The Morgan fingerprint density at radius 3 is 2.19 bits per heavy atom. The summed E-state index contributed by atoms with van der Waals surface area (Å²) in [5, 5.41) is 0. The molecule has 0 aromatic heterocycles. The maximum atomic E-state index is 5.63. The molecule has 0 aliphatic carbocycles. The Hall–Kier alpha value is 0.226. The lowest BCUT2D eigenvalue weighted by atomic mass is 10.3. The van der Waals surface area contributed by atoms with Crippen molar-refractivity contribution in [2.45, 2.75) is 13.8 Å². The summed E-state index contributed by atoms with van der Waals surface area (Å²) >= 11 is 3.40. The molecule has 0 N–H and O–H groups in total. The second kappa shape index (κ2) is 9.28. The zero-order chi connectivity index (χ0) is 11.1. The zero-order valence-electron chi connectivity index (χ0n) is 9.37. The molecule has 0 amide bonds. The van der Waals surface area contributed by atoms with Crippen LogP contribution in [0.2, 0.25) is 0 Å². The molecule has 0 spiro atoms. The van der Waals surface area contributed by atoms with Crippen molar-refractivity contribution < 1.29 is 4.74 Å². The summed E-state index contributed by atoms with van der Waals surface area (Å²) in [6.07, 6.45) is 0. The molecule has 0 radical (unpaired) electrons. The molecule has 2 nitrogen and oxygen atoms in total. The van der Waals surface area contributed by atoms with Crippen molar-refractivity contribution >= 4 is 39.0 Å². The summed E-state index contributed by atoms with van der Waals surface area (Å²) in [6.45, 7) is 8.25. The van der Waals surface area contributed by atoms with E-state index in [1.807, 2.05) is 24.3 Å². The van der Waals surface area contributed by atoms with Crippen LogP contribution in [0.25, 0.3) is 0 Å². The maximum Gasteiger partial charge on any atom is 0.316 e. The van der Waals surface area contributed by atoms with Gasteiger partial charge < -0.3 is 9.64 Å². The first-order chi connectivity index (χ1) is 7.26. The number of nitrogens with zero attached hydrogens (tertiary/aromatic N) is 1. The van der Waals surface area contributed by atoms with Crippen LogP contribution in [0.1, 0.15) is 13.8 Å². The number of likely N-dealkylation sites (N-methyl/N-ethyl adjacent to an activating group) is 1. The van der Waals surface area contributed by atoms with Crippen molar-refractivity contribution in [3.05, 3.63) is 28.7 Å². The molecular formula is C12H20BrMgNO. The molecule has 16 heavy (non-hydrogen) atoms. The second-order valence-corrected chi connectivity index (χ2v) is 4.24. The van der Waals surface area contributed by atoms with Crippen molar-refractivity contribution in [1.29, 1.82) is 0 Å². The van der Waals surface area contributed by atoms with E-state index < -0.39 is 0 Å². The largest absolute Gasteiger partial charge is 0.492 e. The predicted octanol–water partition coefficient (Wildman–Crippen LogP) is 2.25. The number of halogens is 1. The van der Waals surface area contributed by atoms with E-state index in [0.29, 0.717) is 0 Å². The van der Waals surface area contributed by atoms with Crippen molar-refractivity contribution in [2.75, 3.05) is 26.2 Å². The summed E-state index contributed by atoms with van der Waals surface area (Å²) in [7, 11) is 0. The van der Waals surface area contributed by atoms with Crippen LogP contribution in [0.15, 0.2) is 28.7 Å². The summed E-state index contributed by atoms with van der Waals surface area (Å²) in [6, 6.07) is 7.94. The van der Waals surface area contributed by atoms with Gasteiger partial charge in [-0.15, -0.1) is 0 Å². The number of hydrogen-bond donors (Lipinski definition) is 0. The molecule has 1 rings (SSSR count). The van der Waals surface area contributed by atoms with Gasteiger partial charge in [0.25, 0.3) is 0 Å². The van der Waals surface area contributed by atoms with Crippen molar-refractivity contribution in [1.82, 2.24) is 4.90 Å². The summed E-state index contributed by atoms with van der Waals surface area (Å²) < 4.78 is 6.71. The van der Waals surface area contributed by atoms with Gasteiger partial charge in [0.15, 0.2) is 0 Å². The first-order valence-corrected chi connectivity index (χ1v) is 6.16. The van der Waals surface area contributed by atoms with Gasteiger partial charge in [0, 0.05) is 11.0 Å². The van der Waals surface area contributed by atoms with E-state index in [0.717, 1.165) is 36.5 Å². The van der Waals surface area contributed by atoms with Crippen LogP contribution in [0.4, 0.5) is 0 Å². The summed E-state index contributed by atoms with van der Waals surface area (Å²) in [5.74, 6) is 0.936. The van der Waals surface area contributed by atoms with Crippen molar-refractivity contribution in [3.63, 3.8) is 0 Å². The van der Waals surface area contributed by atoms with E-state index in [1.54, 1.807) is 0 Å². The number of benzene rings is 1. The van der Waals surface area contributed by atoms with Crippen LogP contribution in [0, 0.1) is 0 Å². The normalized spacial score (nSPS) is 10.0. The van der Waals surface area contributed by atoms with E-state index in [-0.39, 0.29) is 23.1 Å². The fourth-order valence-electron chi connectivity index (χ4n) is 1.36. The monoisotopic (exact) mass is 297 g/mol. The summed E-state index contributed by atoms with van der Waals surface area (Å²) in [5.41, 5.74) is 0. The van der Waals surface area contributed by atoms with E-state index in [1.165, 1.54) is 0 Å². The third kappa shape index (κ3) is 6.08. The molecule has 1 aromatic rings. The maximum absolute atomic E-state index is 5.63. The molecule has 0 unspecified atom stereocenters. The fraction of sp³-hybridized carbons (Fsp3) is 0.500. The molecule has 4 heteroatoms. The molecule has 0 saturated carbocycles. The highest BCUT2D eigenvalue weighted by atomic mass is 79.9. The summed E-state index contributed by atoms with van der Waals surface area (Å²) in [4.78, 5) is 2.35. The van der Waals surface area contributed by atoms with Gasteiger partial charge in [-0.1, -0.05) is 29.8 Å². The fourth-order valence-corrected chi connectivity index (χ4v) is 1.63. The minimum Gasteiger partial charge on any atom is -0.492 e. The Labute approximate surface area is 123 Å². The van der Waals surface area contributed by atoms with E-state index in [4.69, 9.17) is 4.74 Å². The molecule has 1 aromatic carbocycles. The number of hydrogen-bond acceptors (Lipinski definition) is 2. The standard InChI is InChI=1S/C12H18BrNO.Mg.2H/c1-3-14(4-2)9-10-15-12-7-5-11(13)6-8-12;;;/h5-8H,3-4,9-10H2,1-2H3;;;. The van der Waals surface area contributed by atoms with Gasteiger partial charge in [-0.2, -0.15) is 0 Å². The Balaban J connectivity index is 0.00000225. The highest BCUT2D eigenvalue weighted by Crippen LogP contribution is 2.15. The van der Waals surface area contributed by atoms with Crippen molar-refractivity contribution in [2.24, 2.45) is 0 Å². The molecule has 0 heterocycles. The van der Waals surface area contributed by atoms with Gasteiger partial charge in [0.2, 0.25) is 0 Å². The van der Waals surface area contributed by atoms with E-state index >= 15 is 0 Å². The highest BCUT2D eigenvalue weighted by Gasteiger charge is 1.99. The molecule has 0 aliphatic rings. The Bertz CT molecular complexity index is 275. The average molecular weight is 299 g/mol. The zero-order valence-corrected chi connectivity index (χ0v) is 11.0. The minimum atomic E-state index is 0. The average Bonchev–Trinajstić information content (AvgIpc) is 2.27. The molecule has 0 aliphatic heterocycles.